The van der Waals surface area contributed by atoms with E-state index in [0.29, 0.717) is 12.2 Å². The van der Waals surface area contributed by atoms with E-state index in [2.05, 4.69) is 14.7 Å². The Kier molecular flexibility index (Phi) is 3.99. The SMILES string of the molecule is CCc1ncc(S(=O)(=O)NC(C)C(C)(C)C)[nH]1. The van der Waals surface area contributed by atoms with Crippen LogP contribution in [0.2, 0.25) is 0 Å². The molecule has 2 N–H and O–H groups in total. The van der Waals surface area contributed by atoms with Gasteiger partial charge in [-0.25, -0.2) is 18.1 Å². The van der Waals surface area contributed by atoms with E-state index < -0.39 is 10.0 Å². The summed E-state index contributed by atoms with van der Waals surface area (Å²) in [6.07, 6.45) is 2.04. The Labute approximate surface area is 103 Å². The highest BCUT2D eigenvalue weighted by Gasteiger charge is 2.26. The monoisotopic (exact) mass is 259 g/mol. The highest BCUT2D eigenvalue weighted by molar-refractivity contribution is 7.89. The molecule has 0 aromatic carbocycles. The van der Waals surface area contributed by atoms with E-state index in [1.807, 2.05) is 34.6 Å². The molecule has 1 atom stereocenters. The first-order valence-corrected chi connectivity index (χ1v) is 7.21. The molecule has 0 radical (unpaired) electrons. The fourth-order valence-electron chi connectivity index (χ4n) is 1.13. The Hall–Kier alpha value is -0.880. The third-order valence-electron chi connectivity index (χ3n) is 2.86. The fourth-order valence-corrected chi connectivity index (χ4v) is 2.52. The van der Waals surface area contributed by atoms with Crippen molar-refractivity contribution in [3.05, 3.63) is 12.0 Å². The van der Waals surface area contributed by atoms with Gasteiger partial charge in [0, 0.05) is 12.5 Å². The van der Waals surface area contributed by atoms with Crippen molar-refractivity contribution in [1.29, 1.82) is 0 Å². The maximum Gasteiger partial charge on any atom is 0.257 e. The number of nitrogens with one attached hydrogen (secondary N) is 2. The van der Waals surface area contributed by atoms with Crippen molar-refractivity contribution >= 4 is 10.0 Å². The molecule has 0 aliphatic rings. The average molecular weight is 259 g/mol. The molecule has 0 saturated carbocycles. The molecule has 1 unspecified atom stereocenters. The quantitative estimate of drug-likeness (QED) is 0.864. The molecule has 0 fully saturated rings. The summed E-state index contributed by atoms with van der Waals surface area (Å²) in [6, 6.07) is -0.152. The van der Waals surface area contributed by atoms with Crippen molar-refractivity contribution in [3.8, 4) is 0 Å². The maximum absolute atomic E-state index is 12.0. The minimum absolute atomic E-state index is 0.124. The number of hydrogen-bond donors (Lipinski definition) is 2. The number of nitrogens with zero attached hydrogens (tertiary/aromatic N) is 1. The molecule has 0 aliphatic carbocycles. The lowest BCUT2D eigenvalue weighted by Crippen LogP contribution is -2.41. The third-order valence-corrected chi connectivity index (χ3v) is 4.31. The molecule has 1 rings (SSSR count). The first kappa shape index (κ1) is 14.2. The second-order valence-corrected chi connectivity index (χ2v) is 6.94. The van der Waals surface area contributed by atoms with Gasteiger partial charge in [0.15, 0.2) is 5.03 Å². The van der Waals surface area contributed by atoms with Crippen molar-refractivity contribution < 1.29 is 8.42 Å². The van der Waals surface area contributed by atoms with Crippen LogP contribution in [0.25, 0.3) is 0 Å². The predicted octanol–water partition coefficient (Wildman–Crippen LogP) is 1.68. The lowest BCUT2D eigenvalue weighted by atomic mass is 9.89. The molecule has 1 aromatic heterocycles. The van der Waals surface area contributed by atoms with Crippen LogP contribution in [-0.2, 0) is 16.4 Å². The van der Waals surface area contributed by atoms with Crippen LogP contribution in [0.1, 0.15) is 40.4 Å². The number of sulfonamides is 1. The molecular formula is C11H21N3O2S. The lowest BCUT2D eigenvalue weighted by Gasteiger charge is -2.27. The Morgan fingerprint density at radius 1 is 1.47 bits per heavy atom. The van der Waals surface area contributed by atoms with Crippen LogP contribution in [0.5, 0.6) is 0 Å². The molecule has 5 nitrogen and oxygen atoms in total. The number of aromatic nitrogens is 2. The normalized spacial score (nSPS) is 14.9. The predicted molar refractivity (Wildman–Crippen MR) is 67.2 cm³/mol. The summed E-state index contributed by atoms with van der Waals surface area (Å²) in [5, 5.41) is 0.130. The molecule has 6 heteroatoms. The van der Waals surface area contributed by atoms with Crippen LogP contribution in [-0.4, -0.2) is 24.4 Å². The van der Waals surface area contributed by atoms with E-state index in [1.54, 1.807) is 0 Å². The summed E-state index contributed by atoms with van der Waals surface area (Å²) in [5.74, 6) is 0.675. The zero-order valence-corrected chi connectivity index (χ0v) is 11.9. The second kappa shape index (κ2) is 4.78. The third kappa shape index (κ3) is 3.54. The number of aromatic amines is 1. The van der Waals surface area contributed by atoms with Crippen LogP contribution in [0.3, 0.4) is 0 Å². The largest absolute Gasteiger partial charge is 0.332 e. The first-order chi connectivity index (χ1) is 7.66. The lowest BCUT2D eigenvalue weighted by molar-refractivity contribution is 0.317. The summed E-state index contributed by atoms with van der Waals surface area (Å²) in [6.45, 7) is 9.74. The molecular weight excluding hydrogens is 238 g/mol. The number of H-pyrrole nitrogens is 1. The highest BCUT2D eigenvalue weighted by Crippen LogP contribution is 2.20. The molecule has 0 spiro atoms. The van der Waals surface area contributed by atoms with E-state index in [1.165, 1.54) is 6.20 Å². The van der Waals surface area contributed by atoms with Gasteiger partial charge in [0.2, 0.25) is 0 Å². The van der Waals surface area contributed by atoms with Crippen molar-refractivity contribution in [2.75, 3.05) is 0 Å². The summed E-state index contributed by atoms with van der Waals surface area (Å²) < 4.78 is 26.7. The second-order valence-electron chi connectivity index (χ2n) is 5.26. The van der Waals surface area contributed by atoms with Gasteiger partial charge in [0.1, 0.15) is 5.82 Å². The van der Waals surface area contributed by atoms with Gasteiger partial charge in [0.05, 0.1) is 6.20 Å². The minimum Gasteiger partial charge on any atom is -0.332 e. The van der Waals surface area contributed by atoms with E-state index in [9.17, 15) is 8.42 Å². The fraction of sp³-hybridized carbons (Fsp3) is 0.727. The van der Waals surface area contributed by atoms with Gasteiger partial charge in [-0.2, -0.15) is 0 Å². The number of rotatable bonds is 4. The van der Waals surface area contributed by atoms with Crippen molar-refractivity contribution in [3.63, 3.8) is 0 Å². The van der Waals surface area contributed by atoms with Gasteiger partial charge in [-0.1, -0.05) is 27.7 Å². The van der Waals surface area contributed by atoms with E-state index in [0.717, 1.165) is 0 Å². The summed E-state index contributed by atoms with van der Waals surface area (Å²) in [5.41, 5.74) is -0.124. The molecule has 0 aliphatic heterocycles. The Morgan fingerprint density at radius 2 is 2.06 bits per heavy atom. The standard InChI is InChI=1S/C11H21N3O2S/c1-6-9-12-7-10(13-9)17(15,16)14-8(2)11(3,4)5/h7-8,14H,6H2,1-5H3,(H,12,13). The van der Waals surface area contributed by atoms with Crippen LogP contribution in [0.4, 0.5) is 0 Å². The summed E-state index contributed by atoms with van der Waals surface area (Å²) >= 11 is 0. The Bertz CT molecular complexity index is 471. The van der Waals surface area contributed by atoms with Gasteiger partial charge < -0.3 is 4.98 Å². The first-order valence-electron chi connectivity index (χ1n) is 5.73. The summed E-state index contributed by atoms with van der Waals surface area (Å²) in [7, 11) is -3.50. The van der Waals surface area contributed by atoms with Gasteiger partial charge in [-0.15, -0.1) is 0 Å². The van der Waals surface area contributed by atoms with Gasteiger partial charge >= 0.3 is 0 Å². The van der Waals surface area contributed by atoms with Crippen LogP contribution in [0.15, 0.2) is 11.2 Å². The summed E-state index contributed by atoms with van der Waals surface area (Å²) in [4.78, 5) is 6.79. The number of hydrogen-bond acceptors (Lipinski definition) is 3. The zero-order valence-electron chi connectivity index (χ0n) is 11.0. The van der Waals surface area contributed by atoms with Gasteiger partial charge in [-0.3, -0.25) is 0 Å². The molecule has 0 saturated heterocycles. The molecule has 1 heterocycles. The molecule has 1 aromatic rings. The van der Waals surface area contributed by atoms with Crippen LogP contribution in [0, 0.1) is 5.41 Å². The molecule has 98 valence electrons. The smallest absolute Gasteiger partial charge is 0.257 e. The van der Waals surface area contributed by atoms with Crippen molar-refractivity contribution in [2.24, 2.45) is 5.41 Å². The molecule has 17 heavy (non-hydrogen) atoms. The van der Waals surface area contributed by atoms with Gasteiger partial charge in [0.25, 0.3) is 10.0 Å². The van der Waals surface area contributed by atoms with E-state index >= 15 is 0 Å². The zero-order chi connectivity index (χ0) is 13.3. The van der Waals surface area contributed by atoms with E-state index in [4.69, 9.17) is 0 Å². The average Bonchev–Trinajstić information content (AvgIpc) is 2.64. The Balaban J connectivity index is 2.89. The van der Waals surface area contributed by atoms with Crippen molar-refractivity contribution in [1.82, 2.24) is 14.7 Å². The van der Waals surface area contributed by atoms with Gasteiger partial charge in [-0.05, 0) is 12.3 Å². The van der Waals surface area contributed by atoms with Crippen molar-refractivity contribution in [2.45, 2.75) is 52.1 Å². The number of aryl methyl sites for hydroxylation is 1. The van der Waals surface area contributed by atoms with Crippen LogP contribution < -0.4 is 4.72 Å². The topological polar surface area (TPSA) is 74.8 Å². The van der Waals surface area contributed by atoms with Crippen LogP contribution >= 0.6 is 0 Å². The Morgan fingerprint density at radius 3 is 2.47 bits per heavy atom. The highest BCUT2D eigenvalue weighted by atomic mass is 32.2. The maximum atomic E-state index is 12.0. The molecule has 0 bridgehead atoms. The molecule has 0 amide bonds. The minimum atomic E-state index is -3.50. The number of imidazole rings is 1. The van der Waals surface area contributed by atoms with E-state index in [-0.39, 0.29) is 16.5 Å².